The fourth-order valence-electron chi connectivity index (χ4n) is 3.13. The zero-order valence-electron chi connectivity index (χ0n) is 15.0. The molecule has 0 bridgehead atoms. The van der Waals surface area contributed by atoms with Crippen molar-refractivity contribution < 1.29 is 9.53 Å². The molecule has 1 aliphatic heterocycles. The van der Waals surface area contributed by atoms with Crippen molar-refractivity contribution in [3.63, 3.8) is 0 Å². The number of nitrogens with zero attached hydrogens (tertiary/aromatic N) is 4. The molecule has 1 saturated heterocycles. The normalized spacial score (nSPS) is 15.8. The van der Waals surface area contributed by atoms with Crippen LogP contribution in [0.3, 0.4) is 0 Å². The van der Waals surface area contributed by atoms with E-state index in [1.807, 2.05) is 60.2 Å². The van der Waals surface area contributed by atoms with Crippen LogP contribution in [0.2, 0.25) is 0 Å². The summed E-state index contributed by atoms with van der Waals surface area (Å²) < 4.78 is 7.48. The van der Waals surface area contributed by atoms with E-state index in [0.29, 0.717) is 0 Å². The van der Waals surface area contributed by atoms with Crippen LogP contribution in [0.4, 0.5) is 0 Å². The molecule has 1 amide bonds. The van der Waals surface area contributed by atoms with Gasteiger partial charge in [-0.15, -0.1) is 0 Å². The number of benzene rings is 1. The molecule has 3 rings (SSSR count). The first-order valence-corrected chi connectivity index (χ1v) is 8.77. The van der Waals surface area contributed by atoms with Crippen LogP contribution in [-0.4, -0.2) is 58.3 Å². The highest BCUT2D eigenvalue weighted by Crippen LogP contribution is 2.13. The fourth-order valence-corrected chi connectivity index (χ4v) is 3.13. The Morgan fingerprint density at radius 3 is 2.88 bits per heavy atom. The van der Waals surface area contributed by atoms with Gasteiger partial charge in [0.15, 0.2) is 6.61 Å². The van der Waals surface area contributed by atoms with Crippen molar-refractivity contribution >= 4 is 5.91 Å². The van der Waals surface area contributed by atoms with Crippen LogP contribution in [0.1, 0.15) is 17.5 Å². The predicted molar refractivity (Wildman–Crippen MR) is 96.4 cm³/mol. The van der Waals surface area contributed by atoms with Gasteiger partial charge < -0.3 is 9.64 Å². The number of hydrogen-bond acceptors (Lipinski definition) is 4. The minimum atomic E-state index is 0.0599. The maximum atomic E-state index is 12.4. The van der Waals surface area contributed by atoms with Crippen molar-refractivity contribution in [1.82, 2.24) is 19.6 Å². The molecule has 1 aromatic heterocycles. The Labute approximate surface area is 149 Å². The second kappa shape index (κ2) is 8.16. The summed E-state index contributed by atoms with van der Waals surface area (Å²) in [5.41, 5.74) is 2.34. The Hall–Kier alpha value is -2.34. The molecule has 2 aromatic rings. The first-order chi connectivity index (χ1) is 12.1. The maximum absolute atomic E-state index is 12.4. The molecule has 1 fully saturated rings. The first-order valence-electron chi connectivity index (χ1n) is 8.77. The zero-order valence-corrected chi connectivity index (χ0v) is 15.0. The van der Waals surface area contributed by atoms with E-state index in [1.54, 1.807) is 0 Å². The van der Waals surface area contributed by atoms with Crippen molar-refractivity contribution in [2.45, 2.75) is 19.9 Å². The Morgan fingerprint density at radius 2 is 2.12 bits per heavy atom. The molecular formula is C19H26N4O2. The van der Waals surface area contributed by atoms with E-state index >= 15 is 0 Å². The van der Waals surface area contributed by atoms with Crippen molar-refractivity contribution in [3.8, 4) is 5.75 Å². The van der Waals surface area contributed by atoms with Gasteiger partial charge in [0.2, 0.25) is 0 Å². The second-order valence-corrected chi connectivity index (χ2v) is 6.64. The zero-order chi connectivity index (χ0) is 17.6. The van der Waals surface area contributed by atoms with Gasteiger partial charge in [-0.3, -0.25) is 14.4 Å². The highest BCUT2D eigenvalue weighted by Gasteiger charge is 2.19. The van der Waals surface area contributed by atoms with Gasteiger partial charge in [0.05, 0.1) is 6.20 Å². The Kier molecular flexibility index (Phi) is 5.71. The van der Waals surface area contributed by atoms with E-state index in [2.05, 4.69) is 10.00 Å². The molecule has 0 aliphatic carbocycles. The number of aromatic nitrogens is 2. The molecule has 2 heterocycles. The lowest BCUT2D eigenvalue weighted by Crippen LogP contribution is -2.38. The molecule has 0 saturated carbocycles. The number of carbonyl (C=O) groups is 1. The smallest absolute Gasteiger partial charge is 0.260 e. The first kappa shape index (κ1) is 17.5. The van der Waals surface area contributed by atoms with Gasteiger partial charge >= 0.3 is 0 Å². The van der Waals surface area contributed by atoms with Crippen molar-refractivity contribution in [2.24, 2.45) is 7.05 Å². The molecule has 6 nitrogen and oxygen atoms in total. The molecular weight excluding hydrogens is 316 g/mol. The van der Waals surface area contributed by atoms with Crippen LogP contribution in [0, 0.1) is 6.92 Å². The summed E-state index contributed by atoms with van der Waals surface area (Å²) in [6.45, 7) is 6.42. The standard InChI is InChI=1S/C19H26N4O2/c1-16-5-3-6-18(11-16)25-15-19(24)23-8-4-7-22(9-10-23)14-17-12-20-21(2)13-17/h3,5-6,11-13H,4,7-10,14-15H2,1-2H3. The van der Waals surface area contributed by atoms with E-state index in [1.165, 1.54) is 5.56 Å². The summed E-state index contributed by atoms with van der Waals surface area (Å²) in [4.78, 5) is 16.7. The fraction of sp³-hybridized carbons (Fsp3) is 0.474. The van der Waals surface area contributed by atoms with Gasteiger partial charge in [0.25, 0.3) is 5.91 Å². The van der Waals surface area contributed by atoms with Crippen LogP contribution in [0.5, 0.6) is 5.75 Å². The number of carbonyl (C=O) groups excluding carboxylic acids is 1. The van der Waals surface area contributed by atoms with Gasteiger partial charge in [-0.1, -0.05) is 12.1 Å². The van der Waals surface area contributed by atoms with Gasteiger partial charge in [-0.25, -0.2) is 0 Å². The van der Waals surface area contributed by atoms with Crippen LogP contribution in [0.15, 0.2) is 36.7 Å². The lowest BCUT2D eigenvalue weighted by molar-refractivity contribution is -0.133. The van der Waals surface area contributed by atoms with Gasteiger partial charge in [-0.05, 0) is 31.0 Å². The molecule has 0 N–H and O–H groups in total. The lowest BCUT2D eigenvalue weighted by atomic mass is 10.2. The summed E-state index contributed by atoms with van der Waals surface area (Å²) in [5, 5.41) is 4.22. The lowest BCUT2D eigenvalue weighted by Gasteiger charge is -2.21. The molecule has 0 radical (unpaired) electrons. The Bertz CT molecular complexity index is 713. The van der Waals surface area contributed by atoms with Crippen LogP contribution in [-0.2, 0) is 18.4 Å². The number of amides is 1. The van der Waals surface area contributed by atoms with Crippen molar-refractivity contribution in [1.29, 1.82) is 0 Å². The number of aryl methyl sites for hydroxylation is 2. The summed E-state index contributed by atoms with van der Waals surface area (Å²) in [6.07, 6.45) is 4.93. The largest absolute Gasteiger partial charge is 0.484 e. The quantitative estimate of drug-likeness (QED) is 0.832. The molecule has 1 aliphatic rings. The minimum absolute atomic E-state index is 0.0599. The van der Waals surface area contributed by atoms with Crippen LogP contribution >= 0.6 is 0 Å². The second-order valence-electron chi connectivity index (χ2n) is 6.64. The van der Waals surface area contributed by atoms with Gasteiger partial charge in [0, 0.05) is 51.5 Å². The Balaban J connectivity index is 1.47. The maximum Gasteiger partial charge on any atom is 0.260 e. The molecule has 0 spiro atoms. The van der Waals surface area contributed by atoms with Crippen molar-refractivity contribution in [2.75, 3.05) is 32.8 Å². The van der Waals surface area contributed by atoms with E-state index in [0.717, 1.165) is 50.5 Å². The van der Waals surface area contributed by atoms with Gasteiger partial charge in [-0.2, -0.15) is 5.10 Å². The summed E-state index contributed by atoms with van der Waals surface area (Å²) in [7, 11) is 1.93. The molecule has 1 aromatic carbocycles. The van der Waals surface area contributed by atoms with E-state index in [-0.39, 0.29) is 12.5 Å². The third kappa shape index (κ3) is 5.06. The minimum Gasteiger partial charge on any atom is -0.484 e. The average molecular weight is 342 g/mol. The molecule has 25 heavy (non-hydrogen) atoms. The van der Waals surface area contributed by atoms with E-state index in [9.17, 15) is 4.79 Å². The number of hydrogen-bond donors (Lipinski definition) is 0. The third-order valence-electron chi connectivity index (χ3n) is 4.46. The van der Waals surface area contributed by atoms with E-state index < -0.39 is 0 Å². The highest BCUT2D eigenvalue weighted by atomic mass is 16.5. The SMILES string of the molecule is Cc1cccc(OCC(=O)N2CCCN(Cc3cnn(C)c3)CC2)c1. The molecule has 0 unspecified atom stereocenters. The van der Waals surface area contributed by atoms with E-state index in [4.69, 9.17) is 4.74 Å². The van der Waals surface area contributed by atoms with Crippen molar-refractivity contribution in [3.05, 3.63) is 47.8 Å². The topological polar surface area (TPSA) is 50.6 Å². The summed E-state index contributed by atoms with van der Waals surface area (Å²) in [6, 6.07) is 7.79. The van der Waals surface area contributed by atoms with Crippen LogP contribution in [0.25, 0.3) is 0 Å². The van der Waals surface area contributed by atoms with Crippen LogP contribution < -0.4 is 4.74 Å². The number of rotatable bonds is 5. The van der Waals surface area contributed by atoms with Gasteiger partial charge in [0.1, 0.15) is 5.75 Å². The molecule has 6 heteroatoms. The summed E-state index contributed by atoms with van der Waals surface area (Å²) >= 11 is 0. The predicted octanol–water partition coefficient (Wildman–Crippen LogP) is 1.84. The summed E-state index contributed by atoms with van der Waals surface area (Å²) in [5.74, 6) is 0.811. The monoisotopic (exact) mass is 342 g/mol. The molecule has 0 atom stereocenters. The average Bonchev–Trinajstić information content (AvgIpc) is 2.86. The highest BCUT2D eigenvalue weighted by molar-refractivity contribution is 5.77. The molecule has 134 valence electrons. The Morgan fingerprint density at radius 1 is 1.24 bits per heavy atom. The third-order valence-corrected chi connectivity index (χ3v) is 4.46. The number of ether oxygens (including phenoxy) is 1.